The molecule has 1 aliphatic heterocycles. The standard InChI is InChI=1S/C16H22N2O/c17-16(19)14-7-9-18(11-14)8-6-13-10-15(13)12-4-2-1-3-5-12/h1-5,13-15H,6-11H2,(H2,17,19)/t13-,14+,15+/m1/s1. The molecule has 3 heteroatoms. The number of nitrogens with zero attached hydrogens (tertiary/aromatic N) is 1. The largest absolute Gasteiger partial charge is 0.369 e. The molecule has 2 N–H and O–H groups in total. The minimum atomic E-state index is -0.129. The third kappa shape index (κ3) is 2.98. The van der Waals surface area contributed by atoms with Gasteiger partial charge in [0.1, 0.15) is 0 Å². The molecule has 1 aliphatic carbocycles. The smallest absolute Gasteiger partial charge is 0.221 e. The van der Waals surface area contributed by atoms with E-state index in [9.17, 15) is 4.79 Å². The van der Waals surface area contributed by atoms with E-state index in [1.165, 1.54) is 18.4 Å². The zero-order valence-electron chi connectivity index (χ0n) is 11.3. The second kappa shape index (κ2) is 5.33. The van der Waals surface area contributed by atoms with Crippen molar-refractivity contribution in [2.75, 3.05) is 19.6 Å². The van der Waals surface area contributed by atoms with Crippen molar-refractivity contribution in [3.8, 4) is 0 Å². The van der Waals surface area contributed by atoms with Crippen molar-refractivity contribution in [2.45, 2.75) is 25.2 Å². The number of hydrogen-bond donors (Lipinski definition) is 1. The van der Waals surface area contributed by atoms with Crippen LogP contribution in [0.2, 0.25) is 0 Å². The lowest BCUT2D eigenvalue weighted by atomic mass is 10.1. The molecular weight excluding hydrogens is 236 g/mol. The van der Waals surface area contributed by atoms with Crippen LogP contribution in [0.4, 0.5) is 0 Å². The highest BCUT2D eigenvalue weighted by molar-refractivity contribution is 5.77. The molecule has 2 aliphatic rings. The summed E-state index contributed by atoms with van der Waals surface area (Å²) in [5.74, 6) is 1.57. The molecule has 19 heavy (non-hydrogen) atoms. The van der Waals surface area contributed by atoms with Crippen LogP contribution < -0.4 is 5.73 Å². The van der Waals surface area contributed by atoms with E-state index < -0.39 is 0 Å². The number of rotatable bonds is 5. The van der Waals surface area contributed by atoms with Gasteiger partial charge < -0.3 is 10.6 Å². The summed E-state index contributed by atoms with van der Waals surface area (Å²) in [5.41, 5.74) is 6.85. The summed E-state index contributed by atoms with van der Waals surface area (Å²) in [6.45, 7) is 3.03. The molecule has 3 nitrogen and oxygen atoms in total. The molecule has 1 aromatic carbocycles. The number of benzene rings is 1. The van der Waals surface area contributed by atoms with Crippen LogP contribution in [0.25, 0.3) is 0 Å². The SMILES string of the molecule is NC(=O)[C@H]1CCN(CC[C@@H]2C[C@H]2c2ccccc2)C1. The number of likely N-dealkylation sites (tertiary alicyclic amines) is 1. The van der Waals surface area contributed by atoms with Gasteiger partial charge in [0.2, 0.25) is 5.91 Å². The van der Waals surface area contributed by atoms with E-state index in [1.54, 1.807) is 0 Å². The fourth-order valence-corrected chi connectivity index (χ4v) is 3.29. The van der Waals surface area contributed by atoms with Gasteiger partial charge in [0.05, 0.1) is 5.92 Å². The first-order valence-corrected chi connectivity index (χ1v) is 7.30. The summed E-state index contributed by atoms with van der Waals surface area (Å²) in [6.07, 6.45) is 3.53. The third-order valence-corrected chi connectivity index (χ3v) is 4.64. The molecule has 2 fully saturated rings. The fraction of sp³-hybridized carbons (Fsp3) is 0.562. The molecule has 1 saturated heterocycles. The zero-order chi connectivity index (χ0) is 13.2. The first kappa shape index (κ1) is 12.7. The van der Waals surface area contributed by atoms with Gasteiger partial charge in [-0.25, -0.2) is 0 Å². The topological polar surface area (TPSA) is 46.3 Å². The van der Waals surface area contributed by atoms with Crippen LogP contribution in [0.3, 0.4) is 0 Å². The minimum Gasteiger partial charge on any atom is -0.369 e. The molecule has 1 heterocycles. The van der Waals surface area contributed by atoms with E-state index in [0.717, 1.165) is 37.9 Å². The zero-order valence-corrected chi connectivity index (χ0v) is 11.3. The van der Waals surface area contributed by atoms with E-state index in [2.05, 4.69) is 35.2 Å². The van der Waals surface area contributed by atoms with Crippen LogP contribution in [0.5, 0.6) is 0 Å². The van der Waals surface area contributed by atoms with Crippen LogP contribution in [-0.2, 0) is 4.79 Å². The van der Waals surface area contributed by atoms with Gasteiger partial charge in [-0.2, -0.15) is 0 Å². The van der Waals surface area contributed by atoms with E-state index in [4.69, 9.17) is 5.73 Å². The maximum Gasteiger partial charge on any atom is 0.221 e. The van der Waals surface area contributed by atoms with Gasteiger partial charge in [-0.1, -0.05) is 30.3 Å². The average molecular weight is 258 g/mol. The summed E-state index contributed by atoms with van der Waals surface area (Å²) >= 11 is 0. The molecule has 1 saturated carbocycles. The number of hydrogen-bond acceptors (Lipinski definition) is 2. The molecular formula is C16H22N2O. The monoisotopic (exact) mass is 258 g/mol. The molecule has 0 spiro atoms. The molecule has 3 rings (SSSR count). The van der Waals surface area contributed by atoms with Crippen molar-refractivity contribution in [3.63, 3.8) is 0 Å². The van der Waals surface area contributed by atoms with Gasteiger partial charge in [-0.3, -0.25) is 4.79 Å². The number of carbonyl (C=O) groups is 1. The van der Waals surface area contributed by atoms with Crippen LogP contribution >= 0.6 is 0 Å². The second-order valence-corrected chi connectivity index (χ2v) is 5.99. The predicted octanol–water partition coefficient (Wildman–Crippen LogP) is 1.99. The predicted molar refractivity (Wildman–Crippen MR) is 75.6 cm³/mol. The summed E-state index contributed by atoms with van der Waals surface area (Å²) in [5, 5.41) is 0. The Kier molecular flexibility index (Phi) is 3.56. The maximum absolute atomic E-state index is 11.1. The molecule has 0 aromatic heterocycles. The van der Waals surface area contributed by atoms with E-state index in [1.807, 2.05) is 0 Å². The maximum atomic E-state index is 11.1. The van der Waals surface area contributed by atoms with Gasteiger partial charge in [-0.15, -0.1) is 0 Å². The van der Waals surface area contributed by atoms with Crippen LogP contribution in [0.15, 0.2) is 30.3 Å². The molecule has 0 unspecified atom stereocenters. The lowest BCUT2D eigenvalue weighted by molar-refractivity contribution is -0.121. The van der Waals surface area contributed by atoms with Gasteiger partial charge in [0, 0.05) is 6.54 Å². The quantitative estimate of drug-likeness (QED) is 0.878. The van der Waals surface area contributed by atoms with Crippen molar-refractivity contribution >= 4 is 5.91 Å². The summed E-state index contributed by atoms with van der Waals surface area (Å²) in [4.78, 5) is 13.5. The van der Waals surface area contributed by atoms with Crippen molar-refractivity contribution in [3.05, 3.63) is 35.9 Å². The van der Waals surface area contributed by atoms with Gasteiger partial charge in [-0.05, 0) is 49.8 Å². The summed E-state index contributed by atoms with van der Waals surface area (Å²) in [6, 6.07) is 10.8. The molecule has 1 amide bonds. The summed E-state index contributed by atoms with van der Waals surface area (Å²) in [7, 11) is 0. The fourth-order valence-electron chi connectivity index (χ4n) is 3.29. The van der Waals surface area contributed by atoms with Crippen molar-refractivity contribution in [1.29, 1.82) is 0 Å². The average Bonchev–Trinajstić information content (AvgIpc) is 3.05. The highest BCUT2D eigenvalue weighted by atomic mass is 16.1. The van der Waals surface area contributed by atoms with Crippen molar-refractivity contribution < 1.29 is 4.79 Å². The molecule has 1 aromatic rings. The Morgan fingerprint density at radius 3 is 2.79 bits per heavy atom. The lowest BCUT2D eigenvalue weighted by Gasteiger charge is -2.14. The van der Waals surface area contributed by atoms with Gasteiger partial charge in [0.25, 0.3) is 0 Å². The molecule has 3 atom stereocenters. The Hall–Kier alpha value is -1.35. The normalized spacial score (nSPS) is 30.4. The van der Waals surface area contributed by atoms with Crippen LogP contribution in [-0.4, -0.2) is 30.4 Å². The third-order valence-electron chi connectivity index (χ3n) is 4.64. The van der Waals surface area contributed by atoms with Gasteiger partial charge in [0.15, 0.2) is 0 Å². The highest BCUT2D eigenvalue weighted by Gasteiger charge is 2.38. The van der Waals surface area contributed by atoms with Crippen molar-refractivity contribution in [1.82, 2.24) is 4.90 Å². The van der Waals surface area contributed by atoms with Crippen molar-refractivity contribution in [2.24, 2.45) is 17.6 Å². The number of amides is 1. The van der Waals surface area contributed by atoms with Crippen LogP contribution in [0, 0.1) is 11.8 Å². The first-order valence-electron chi connectivity index (χ1n) is 7.30. The highest BCUT2D eigenvalue weighted by Crippen LogP contribution is 2.49. The van der Waals surface area contributed by atoms with E-state index >= 15 is 0 Å². The Labute approximate surface area is 114 Å². The number of nitrogens with two attached hydrogens (primary N) is 1. The Morgan fingerprint density at radius 2 is 2.11 bits per heavy atom. The molecule has 102 valence electrons. The Bertz CT molecular complexity index is 445. The van der Waals surface area contributed by atoms with E-state index in [-0.39, 0.29) is 11.8 Å². The minimum absolute atomic E-state index is 0.0872. The Balaban J connectivity index is 1.42. The second-order valence-electron chi connectivity index (χ2n) is 5.99. The molecule has 0 radical (unpaired) electrons. The molecule has 0 bridgehead atoms. The van der Waals surface area contributed by atoms with Gasteiger partial charge >= 0.3 is 0 Å². The lowest BCUT2D eigenvalue weighted by Crippen LogP contribution is -2.28. The van der Waals surface area contributed by atoms with E-state index in [0.29, 0.717) is 0 Å². The summed E-state index contributed by atoms with van der Waals surface area (Å²) < 4.78 is 0. The van der Waals surface area contributed by atoms with Crippen LogP contribution in [0.1, 0.15) is 30.7 Å². The number of carbonyl (C=O) groups excluding carboxylic acids is 1. The Morgan fingerprint density at radius 1 is 1.32 bits per heavy atom. The number of primary amides is 1. The first-order chi connectivity index (χ1) is 9.24.